The molecule has 0 radical (unpaired) electrons. The Morgan fingerprint density at radius 3 is 2.37 bits per heavy atom. The molecule has 11 heteroatoms. The van der Waals surface area contributed by atoms with Gasteiger partial charge in [0.1, 0.15) is 30.1 Å². The number of benzene rings is 3. The van der Waals surface area contributed by atoms with Gasteiger partial charge in [-0.05, 0) is 59.9 Å². The molecule has 3 aliphatic rings. The molecule has 11 nitrogen and oxygen atoms in total. The van der Waals surface area contributed by atoms with Gasteiger partial charge < -0.3 is 40.2 Å². The van der Waals surface area contributed by atoms with Gasteiger partial charge in [0.15, 0.2) is 5.79 Å². The van der Waals surface area contributed by atoms with Gasteiger partial charge in [-0.2, -0.15) is 0 Å². The van der Waals surface area contributed by atoms with Crippen LogP contribution < -0.4 is 10.6 Å². The number of phenolic OH excluding ortho intramolecular Hbond substituents is 1. The number of aliphatic hydroxyl groups is 2. The molecule has 49 heavy (non-hydrogen) atoms. The molecule has 1 heterocycles. The molecular weight excluding hydrogens is 628 g/mol. The maximum atomic E-state index is 13.5. The standard InChI is InChI=1S/C38H40N2O9/c1-23(42)33(36(45)39-17-18-41)40-35(44)29-19-31(34-32(20-29)48-38(49-34)21-27-9-2-3-10-28(27)22-38)47-37(46)26-15-13-24(14-16-26)7-6-11-25-8-4-5-12-30(25)43/h2-10,12-16,20,23,31-34,41-43H,11,17-19,21-22H2,1H3,(H,39,45)(H,40,44)/t23-,31+,32+,33+,34-/m0/s1. The Bertz CT molecular complexity index is 1720. The first-order valence-corrected chi connectivity index (χ1v) is 16.4. The molecule has 1 fully saturated rings. The van der Waals surface area contributed by atoms with Crippen molar-refractivity contribution < 1.29 is 43.9 Å². The summed E-state index contributed by atoms with van der Waals surface area (Å²) < 4.78 is 19.1. The van der Waals surface area contributed by atoms with E-state index in [9.17, 15) is 24.6 Å². The lowest BCUT2D eigenvalue weighted by Crippen LogP contribution is -2.54. The number of rotatable bonds is 11. The zero-order valence-electron chi connectivity index (χ0n) is 27.1. The molecule has 0 saturated carbocycles. The number of para-hydroxylation sites is 1. The molecule has 5 N–H and O–H groups in total. The molecule has 0 aromatic heterocycles. The lowest BCUT2D eigenvalue weighted by molar-refractivity contribution is -0.172. The zero-order valence-corrected chi connectivity index (χ0v) is 27.1. The number of nitrogens with one attached hydrogen (secondary N) is 2. The van der Waals surface area contributed by atoms with Crippen LogP contribution in [0.4, 0.5) is 0 Å². The molecule has 5 atom stereocenters. The summed E-state index contributed by atoms with van der Waals surface area (Å²) in [5, 5.41) is 34.4. The van der Waals surface area contributed by atoms with Crippen LogP contribution in [0.3, 0.4) is 0 Å². The summed E-state index contributed by atoms with van der Waals surface area (Å²) in [6, 6.07) is 20.7. The van der Waals surface area contributed by atoms with Crippen molar-refractivity contribution in [2.24, 2.45) is 0 Å². The van der Waals surface area contributed by atoms with Crippen LogP contribution in [0.5, 0.6) is 5.75 Å². The van der Waals surface area contributed by atoms with E-state index in [2.05, 4.69) is 10.6 Å². The summed E-state index contributed by atoms with van der Waals surface area (Å²) >= 11 is 0. The SMILES string of the molecule is C[C@H](O)[C@@H](NC(=O)C1=C[C@H]2OC3(Cc4ccccc4C3)O[C@H]2[C@H](OC(=O)c2ccc(C=CCc3ccccc3O)cc2)C1)C(=O)NCCO. The van der Waals surface area contributed by atoms with Crippen LogP contribution in [-0.4, -0.2) is 82.5 Å². The summed E-state index contributed by atoms with van der Waals surface area (Å²) in [5.41, 5.74) is 4.39. The van der Waals surface area contributed by atoms with Gasteiger partial charge in [-0.3, -0.25) is 9.59 Å². The summed E-state index contributed by atoms with van der Waals surface area (Å²) in [5.74, 6) is -2.61. The molecule has 0 bridgehead atoms. The van der Waals surface area contributed by atoms with Gasteiger partial charge in [-0.25, -0.2) is 4.79 Å². The van der Waals surface area contributed by atoms with Crippen LogP contribution in [0.2, 0.25) is 0 Å². The van der Waals surface area contributed by atoms with Crippen LogP contribution >= 0.6 is 0 Å². The van der Waals surface area contributed by atoms with Crippen LogP contribution in [0.15, 0.2) is 90.5 Å². The summed E-state index contributed by atoms with van der Waals surface area (Å²) in [6.45, 7) is 1.05. The van der Waals surface area contributed by atoms with Crippen molar-refractivity contribution in [1.82, 2.24) is 10.6 Å². The van der Waals surface area contributed by atoms with Crippen LogP contribution in [0.1, 0.15) is 46.0 Å². The number of amides is 2. The van der Waals surface area contributed by atoms with Gasteiger partial charge in [-0.15, -0.1) is 0 Å². The second-order valence-electron chi connectivity index (χ2n) is 12.6. The number of carbonyl (C=O) groups is 3. The van der Waals surface area contributed by atoms with Gasteiger partial charge in [0.2, 0.25) is 11.8 Å². The Morgan fingerprint density at radius 1 is 1.00 bits per heavy atom. The number of phenols is 1. The number of hydrogen-bond donors (Lipinski definition) is 5. The highest BCUT2D eigenvalue weighted by Gasteiger charge is 2.55. The minimum Gasteiger partial charge on any atom is -0.508 e. The van der Waals surface area contributed by atoms with Crippen molar-refractivity contribution >= 4 is 23.9 Å². The summed E-state index contributed by atoms with van der Waals surface area (Å²) in [4.78, 5) is 39.6. The van der Waals surface area contributed by atoms with E-state index >= 15 is 0 Å². The van der Waals surface area contributed by atoms with Crippen molar-refractivity contribution in [2.45, 2.75) is 68.9 Å². The third kappa shape index (κ3) is 7.76. The van der Waals surface area contributed by atoms with Gasteiger partial charge in [0.25, 0.3) is 0 Å². The molecule has 1 saturated heterocycles. The third-order valence-corrected chi connectivity index (χ3v) is 9.02. The van der Waals surface area contributed by atoms with Crippen molar-refractivity contribution in [3.8, 4) is 5.75 Å². The topological polar surface area (TPSA) is 164 Å². The minimum atomic E-state index is -1.28. The van der Waals surface area contributed by atoms with E-state index in [1.54, 1.807) is 42.5 Å². The van der Waals surface area contributed by atoms with Crippen molar-refractivity contribution in [2.75, 3.05) is 13.2 Å². The summed E-state index contributed by atoms with van der Waals surface area (Å²) in [6.07, 6.45) is 3.49. The molecule has 3 aromatic rings. The second kappa shape index (κ2) is 14.8. The monoisotopic (exact) mass is 668 g/mol. The maximum Gasteiger partial charge on any atom is 0.338 e. The number of aliphatic hydroxyl groups excluding tert-OH is 2. The predicted molar refractivity (Wildman–Crippen MR) is 179 cm³/mol. The third-order valence-electron chi connectivity index (χ3n) is 9.02. The van der Waals surface area contributed by atoms with E-state index in [-0.39, 0.29) is 30.9 Å². The number of ether oxygens (including phenoxy) is 3. The first-order valence-electron chi connectivity index (χ1n) is 16.4. The zero-order chi connectivity index (χ0) is 34.5. The number of hydrogen-bond acceptors (Lipinski definition) is 9. The Balaban J connectivity index is 1.18. The first-order chi connectivity index (χ1) is 23.6. The molecule has 1 aliphatic heterocycles. The number of allylic oxidation sites excluding steroid dienone is 1. The summed E-state index contributed by atoms with van der Waals surface area (Å²) in [7, 11) is 0. The lowest BCUT2D eigenvalue weighted by atomic mass is 9.91. The van der Waals surface area contributed by atoms with Crippen molar-refractivity contribution in [3.63, 3.8) is 0 Å². The minimum absolute atomic E-state index is 0.0108. The van der Waals surface area contributed by atoms with E-state index in [0.717, 1.165) is 22.3 Å². The normalized spacial score (nSPS) is 21.8. The Hall–Kier alpha value is -4.81. The maximum absolute atomic E-state index is 13.5. The van der Waals surface area contributed by atoms with Gasteiger partial charge >= 0.3 is 5.97 Å². The van der Waals surface area contributed by atoms with Crippen LogP contribution in [0.25, 0.3) is 6.08 Å². The van der Waals surface area contributed by atoms with Gasteiger partial charge in [0, 0.05) is 31.4 Å². The van der Waals surface area contributed by atoms with E-state index in [1.165, 1.54) is 6.92 Å². The van der Waals surface area contributed by atoms with Crippen molar-refractivity contribution in [1.29, 1.82) is 0 Å². The fourth-order valence-corrected chi connectivity index (χ4v) is 6.53. The average Bonchev–Trinajstić information content (AvgIpc) is 3.65. The smallest absolute Gasteiger partial charge is 0.338 e. The molecule has 0 unspecified atom stereocenters. The van der Waals surface area contributed by atoms with E-state index in [0.29, 0.717) is 24.8 Å². The van der Waals surface area contributed by atoms with Gasteiger partial charge in [-0.1, -0.05) is 66.7 Å². The second-order valence-corrected chi connectivity index (χ2v) is 12.6. The fourth-order valence-electron chi connectivity index (χ4n) is 6.53. The highest BCUT2D eigenvalue weighted by atomic mass is 16.8. The molecule has 2 amide bonds. The molecule has 2 aliphatic carbocycles. The highest BCUT2D eigenvalue weighted by Crippen LogP contribution is 2.45. The molecule has 6 rings (SSSR count). The van der Waals surface area contributed by atoms with E-state index < -0.39 is 54.0 Å². The molecule has 256 valence electrons. The predicted octanol–water partition coefficient (Wildman–Crippen LogP) is 2.76. The van der Waals surface area contributed by atoms with Gasteiger partial charge in [0.05, 0.1) is 18.3 Å². The number of aromatic hydroxyl groups is 1. The highest BCUT2D eigenvalue weighted by molar-refractivity contribution is 5.97. The fraction of sp³-hybridized carbons (Fsp3) is 0.342. The molecular formula is C38H40N2O9. The largest absolute Gasteiger partial charge is 0.508 e. The van der Waals surface area contributed by atoms with Crippen LogP contribution in [0, 0.1) is 0 Å². The Morgan fingerprint density at radius 2 is 1.69 bits per heavy atom. The van der Waals surface area contributed by atoms with E-state index in [4.69, 9.17) is 19.3 Å². The van der Waals surface area contributed by atoms with Crippen molar-refractivity contribution in [3.05, 3.63) is 118 Å². The quantitative estimate of drug-likeness (QED) is 0.193. The Labute approximate surface area is 284 Å². The first kappa shape index (κ1) is 34.1. The Kier molecular flexibility index (Phi) is 10.3. The lowest BCUT2D eigenvalue weighted by Gasteiger charge is -2.31. The van der Waals surface area contributed by atoms with E-state index in [1.807, 2.05) is 48.6 Å². The van der Waals surface area contributed by atoms with Crippen LogP contribution in [-0.2, 0) is 43.1 Å². The molecule has 3 aromatic carbocycles. The number of carbonyl (C=O) groups excluding carboxylic acids is 3. The number of esters is 1. The molecule has 1 spiro atoms. The number of fused-ring (bicyclic) bond motifs is 2. The average molecular weight is 669 g/mol.